The lowest BCUT2D eigenvalue weighted by atomic mass is 10.0. The Morgan fingerprint density at radius 1 is 0.817 bits per heavy atom. The number of aromatic amines is 2. The molecular formula is C44H56N8O8. The zero-order valence-electron chi connectivity index (χ0n) is 35.0. The van der Waals surface area contributed by atoms with Crippen LogP contribution in [-0.4, -0.2) is 112 Å². The Morgan fingerprint density at radius 3 is 2.17 bits per heavy atom. The number of amides is 4. The Labute approximate surface area is 350 Å². The summed E-state index contributed by atoms with van der Waals surface area (Å²) < 4.78 is 21.7. The summed E-state index contributed by atoms with van der Waals surface area (Å²) in [5.74, 6) is 0.903. The molecule has 2 aromatic carbocycles. The summed E-state index contributed by atoms with van der Waals surface area (Å²) in [6.45, 7) is 8.01. The number of hydrogen-bond acceptors (Lipinski definition) is 10. The highest BCUT2D eigenvalue weighted by Gasteiger charge is 2.40. The van der Waals surface area contributed by atoms with Crippen molar-refractivity contribution in [3.05, 3.63) is 72.1 Å². The van der Waals surface area contributed by atoms with E-state index in [1.807, 2.05) is 13.8 Å². The van der Waals surface area contributed by atoms with Gasteiger partial charge in [0.05, 0.1) is 62.3 Å². The summed E-state index contributed by atoms with van der Waals surface area (Å²) in [7, 11) is 2.56. The van der Waals surface area contributed by atoms with Crippen LogP contribution in [0, 0.1) is 5.92 Å². The van der Waals surface area contributed by atoms with E-state index < -0.39 is 30.4 Å². The Bertz CT molecular complexity index is 2120. The summed E-state index contributed by atoms with van der Waals surface area (Å²) >= 11 is 0. The first kappa shape index (κ1) is 42.4. The van der Waals surface area contributed by atoms with Crippen molar-refractivity contribution in [3.63, 3.8) is 0 Å². The zero-order chi connectivity index (χ0) is 42.3. The summed E-state index contributed by atoms with van der Waals surface area (Å²) in [6, 6.07) is 14.4. The molecule has 0 saturated carbocycles. The summed E-state index contributed by atoms with van der Waals surface area (Å²) in [5.41, 5.74) is 6.42. The first-order valence-electron chi connectivity index (χ1n) is 20.9. The fourth-order valence-electron chi connectivity index (χ4n) is 8.34. The van der Waals surface area contributed by atoms with E-state index in [2.05, 4.69) is 74.1 Å². The average molecular weight is 825 g/mol. The van der Waals surface area contributed by atoms with E-state index in [0.717, 1.165) is 77.9 Å². The van der Waals surface area contributed by atoms with Crippen molar-refractivity contribution in [2.75, 3.05) is 40.5 Å². The van der Waals surface area contributed by atoms with Gasteiger partial charge in [-0.2, -0.15) is 0 Å². The van der Waals surface area contributed by atoms with Crippen LogP contribution in [0.1, 0.15) is 88.7 Å². The van der Waals surface area contributed by atoms with Crippen molar-refractivity contribution in [1.29, 1.82) is 0 Å². The fourth-order valence-corrected chi connectivity index (χ4v) is 8.34. The smallest absolute Gasteiger partial charge is 0.407 e. The number of nitrogens with one attached hydrogen (secondary N) is 4. The lowest BCUT2D eigenvalue weighted by Crippen LogP contribution is -2.54. The average Bonchev–Trinajstić information content (AvgIpc) is 4.10. The highest BCUT2D eigenvalue weighted by Crippen LogP contribution is 2.36. The van der Waals surface area contributed by atoms with E-state index in [1.165, 1.54) is 14.2 Å². The van der Waals surface area contributed by atoms with Crippen LogP contribution in [0.3, 0.4) is 0 Å². The number of likely N-dealkylation sites (tertiary alicyclic amines) is 1. The van der Waals surface area contributed by atoms with Crippen molar-refractivity contribution in [2.24, 2.45) is 5.92 Å². The highest BCUT2D eigenvalue weighted by atomic mass is 16.5. The number of alkyl carbamates (subject to hydrolysis) is 2. The largest absolute Gasteiger partial charge is 0.453 e. The number of hydrogen-bond donors (Lipinski definition) is 4. The molecule has 4 amide bonds. The maximum Gasteiger partial charge on any atom is 0.407 e. The molecule has 2 bridgehead atoms. The van der Waals surface area contributed by atoms with Crippen molar-refractivity contribution in [3.8, 4) is 33.6 Å². The third-order valence-electron chi connectivity index (χ3n) is 11.7. The van der Waals surface area contributed by atoms with Crippen molar-refractivity contribution >= 4 is 24.0 Å². The number of benzene rings is 2. The maximum absolute atomic E-state index is 14.0. The second-order valence-corrected chi connectivity index (χ2v) is 16.0. The van der Waals surface area contributed by atoms with E-state index in [4.69, 9.17) is 23.9 Å². The molecule has 2 saturated heterocycles. The second kappa shape index (κ2) is 19.1. The van der Waals surface area contributed by atoms with E-state index in [9.17, 15) is 19.2 Å². The molecule has 3 aliphatic rings. The van der Waals surface area contributed by atoms with Crippen LogP contribution < -0.4 is 10.6 Å². The number of aromatic nitrogens is 4. The molecular weight excluding hydrogens is 769 g/mol. The molecule has 16 nitrogen and oxygen atoms in total. The van der Waals surface area contributed by atoms with Crippen LogP contribution in [0.15, 0.2) is 54.7 Å². The predicted molar refractivity (Wildman–Crippen MR) is 222 cm³/mol. The minimum absolute atomic E-state index is 0.113. The molecule has 7 rings (SSSR count). The lowest BCUT2D eigenvalue weighted by molar-refractivity contribution is -0.138. The van der Waals surface area contributed by atoms with Gasteiger partial charge in [-0.1, -0.05) is 62.4 Å². The monoisotopic (exact) mass is 824 g/mol. The Morgan fingerprint density at radius 2 is 1.47 bits per heavy atom. The summed E-state index contributed by atoms with van der Waals surface area (Å²) in [5, 5.41) is 5.41. The van der Waals surface area contributed by atoms with E-state index >= 15 is 0 Å². The standard InChI is InChI=1S/C44H56N8O8/c1-26(2)36(49-43(55)57-4)41(53)51-20-8-10-34(51)39-45-24-32(46-39)30-16-12-28(13-17-30)29-14-18-31(19-15-29)38-33-25-59-22-6-7-23-60-27(3)37(50-44(56)58-5)42(54)52-21-9-11-35(52)40(47-33)48-38/h12-19,24,26-27,34-37H,6-11,20-23,25H2,1-5H3,(H,45,46)(H,47,48)(H,49,55)(H,50,56)/t27-,34+,35+,36+,37+/m1/s1. The van der Waals surface area contributed by atoms with Crippen LogP contribution in [0.2, 0.25) is 0 Å². The molecule has 4 N–H and O–H groups in total. The van der Waals surface area contributed by atoms with Gasteiger partial charge in [0.1, 0.15) is 23.7 Å². The van der Waals surface area contributed by atoms with E-state index in [0.29, 0.717) is 44.6 Å². The van der Waals surface area contributed by atoms with Crippen LogP contribution in [-0.2, 0) is 35.1 Å². The molecule has 60 heavy (non-hydrogen) atoms. The number of H-pyrrole nitrogens is 2. The second-order valence-electron chi connectivity index (χ2n) is 16.0. The van der Waals surface area contributed by atoms with Gasteiger partial charge in [-0.15, -0.1) is 0 Å². The number of rotatable bonds is 8. The van der Waals surface area contributed by atoms with Crippen molar-refractivity contribution < 1.29 is 38.1 Å². The molecule has 0 unspecified atom stereocenters. The zero-order valence-corrected chi connectivity index (χ0v) is 35.0. The molecule has 4 aromatic rings. The highest BCUT2D eigenvalue weighted by molar-refractivity contribution is 5.87. The number of ether oxygens (including phenoxy) is 4. The number of imidazole rings is 2. The van der Waals surface area contributed by atoms with Gasteiger partial charge >= 0.3 is 12.2 Å². The van der Waals surface area contributed by atoms with Crippen LogP contribution >= 0.6 is 0 Å². The van der Waals surface area contributed by atoms with Crippen LogP contribution in [0.4, 0.5) is 9.59 Å². The molecule has 2 aromatic heterocycles. The van der Waals surface area contributed by atoms with E-state index in [-0.39, 0.29) is 29.8 Å². The van der Waals surface area contributed by atoms with Gasteiger partial charge in [-0.3, -0.25) is 9.59 Å². The van der Waals surface area contributed by atoms with Gasteiger partial charge < -0.3 is 49.3 Å². The molecule has 5 atom stereocenters. The van der Waals surface area contributed by atoms with Gasteiger partial charge in [0.2, 0.25) is 11.8 Å². The topological polar surface area (TPSA) is 193 Å². The first-order valence-corrected chi connectivity index (χ1v) is 20.9. The molecule has 3 aliphatic heterocycles. The quantitative estimate of drug-likeness (QED) is 0.157. The van der Waals surface area contributed by atoms with Crippen molar-refractivity contribution in [1.82, 2.24) is 40.4 Å². The maximum atomic E-state index is 14.0. The van der Waals surface area contributed by atoms with Gasteiger partial charge in [-0.25, -0.2) is 19.6 Å². The molecule has 16 heteroatoms. The van der Waals surface area contributed by atoms with Gasteiger partial charge in [0.15, 0.2) is 0 Å². The molecule has 2 fully saturated rings. The Hall–Kier alpha value is -5.74. The number of carbonyl (C=O) groups is 4. The first-order chi connectivity index (χ1) is 29.1. The van der Waals surface area contributed by atoms with Crippen LogP contribution in [0.25, 0.3) is 33.6 Å². The predicted octanol–water partition coefficient (Wildman–Crippen LogP) is 6.28. The van der Waals surface area contributed by atoms with Crippen LogP contribution in [0.5, 0.6) is 0 Å². The van der Waals surface area contributed by atoms with Crippen molar-refractivity contribution in [2.45, 2.75) is 96.2 Å². The minimum atomic E-state index is -0.908. The number of nitrogens with zero attached hydrogens (tertiary/aromatic N) is 4. The summed E-state index contributed by atoms with van der Waals surface area (Å²) in [6.07, 6.45) is 4.57. The Kier molecular flexibility index (Phi) is 13.5. The summed E-state index contributed by atoms with van der Waals surface area (Å²) in [4.78, 5) is 72.2. The molecule has 0 aliphatic carbocycles. The van der Waals surface area contributed by atoms with Gasteiger partial charge in [0, 0.05) is 31.9 Å². The number of fused-ring (bicyclic) bond motifs is 4. The molecule has 320 valence electrons. The van der Waals surface area contributed by atoms with Gasteiger partial charge in [-0.05, 0) is 68.1 Å². The normalized spacial score (nSPS) is 21.8. The SMILES string of the molecule is COC(=O)N[C@H](C(=O)N1CCC[C@H]1c1ncc(-c2ccc(-c3ccc(-c4nc5[nH]c4COCCCCO[C@H](C)[C@H](NC(=O)OC)C(=O)N4CCC[C@@H]54)cc3)cc2)[nH]1)C(C)C. The third-order valence-corrected chi connectivity index (χ3v) is 11.7. The fraction of sp³-hybridized carbons (Fsp3) is 0.500. The number of carbonyl (C=O) groups excluding carboxylic acids is 4. The minimum Gasteiger partial charge on any atom is -0.453 e. The lowest BCUT2D eigenvalue weighted by Gasteiger charge is -2.31. The van der Waals surface area contributed by atoms with E-state index in [1.54, 1.807) is 22.9 Å². The third kappa shape index (κ3) is 9.34. The van der Waals surface area contributed by atoms with Gasteiger partial charge in [0.25, 0.3) is 0 Å². The Balaban J connectivity index is 1.07. The number of methoxy groups -OCH3 is 2. The molecule has 5 heterocycles. The molecule has 0 radical (unpaired) electrons. The molecule has 0 spiro atoms.